The van der Waals surface area contributed by atoms with Crippen molar-refractivity contribution in [2.45, 2.75) is 13.8 Å². The van der Waals surface area contributed by atoms with Gasteiger partial charge < -0.3 is 18.9 Å². The molecule has 0 N–H and O–H groups in total. The summed E-state index contributed by atoms with van der Waals surface area (Å²) in [6.45, 7) is 2.95. The molecule has 0 saturated heterocycles. The Hall–Kier alpha value is -1.14. The van der Waals surface area contributed by atoms with Crippen molar-refractivity contribution in [3.05, 3.63) is 0 Å². The van der Waals surface area contributed by atoms with Crippen molar-refractivity contribution in [1.82, 2.24) is 0 Å². The maximum atomic E-state index is 10.3. The fourth-order valence-electron chi connectivity index (χ4n) is 0.485. The summed E-state index contributed by atoms with van der Waals surface area (Å²) in [5.41, 5.74) is 0. The van der Waals surface area contributed by atoms with Gasteiger partial charge in [-0.15, -0.1) is 0 Å². The standard InChI is InChI=1S/C8H14O6/c1-7(9)13-5-11-3-4-12-6-14-8(2)10/h3-6H2,1-2H3. The number of carbonyl (C=O) groups excluding carboxylic acids is 2. The molecule has 0 bridgehead atoms. The summed E-state index contributed by atoms with van der Waals surface area (Å²) in [7, 11) is 0. The second-order valence-corrected chi connectivity index (χ2v) is 2.32. The Balaban J connectivity index is 2.99. The van der Waals surface area contributed by atoms with Crippen molar-refractivity contribution < 1.29 is 28.5 Å². The molecule has 0 rings (SSSR count). The van der Waals surface area contributed by atoms with Gasteiger partial charge in [-0.25, -0.2) is 0 Å². The largest absolute Gasteiger partial charge is 0.439 e. The lowest BCUT2D eigenvalue weighted by Gasteiger charge is -2.05. The predicted octanol–water partition coefficient (Wildman–Crippen LogP) is 0.0608. The number of esters is 2. The summed E-state index contributed by atoms with van der Waals surface area (Å²) in [6, 6.07) is 0. The van der Waals surface area contributed by atoms with Crippen LogP contribution in [0.4, 0.5) is 0 Å². The summed E-state index contributed by atoms with van der Waals surface area (Å²) in [5, 5.41) is 0. The van der Waals surface area contributed by atoms with Gasteiger partial charge >= 0.3 is 11.9 Å². The van der Waals surface area contributed by atoms with Gasteiger partial charge in [0.25, 0.3) is 0 Å². The van der Waals surface area contributed by atoms with Crippen LogP contribution in [0.2, 0.25) is 0 Å². The molecule has 0 aliphatic carbocycles. The van der Waals surface area contributed by atoms with Crippen molar-refractivity contribution >= 4 is 11.9 Å². The second-order valence-electron chi connectivity index (χ2n) is 2.32. The van der Waals surface area contributed by atoms with E-state index < -0.39 is 11.9 Å². The van der Waals surface area contributed by atoms with E-state index >= 15 is 0 Å². The quantitative estimate of drug-likeness (QED) is 0.333. The normalized spacial score (nSPS) is 9.57. The van der Waals surface area contributed by atoms with E-state index in [9.17, 15) is 9.59 Å². The van der Waals surface area contributed by atoms with Gasteiger partial charge in [0.2, 0.25) is 0 Å². The first-order valence-corrected chi connectivity index (χ1v) is 4.05. The zero-order chi connectivity index (χ0) is 10.8. The van der Waals surface area contributed by atoms with Crippen LogP contribution in [0.15, 0.2) is 0 Å². The average Bonchev–Trinajstić information content (AvgIpc) is 2.08. The Kier molecular flexibility index (Phi) is 7.77. The van der Waals surface area contributed by atoms with Gasteiger partial charge in [-0.2, -0.15) is 0 Å². The number of carbonyl (C=O) groups is 2. The minimum absolute atomic E-state index is 0.0910. The molecule has 0 aromatic carbocycles. The molecule has 0 radical (unpaired) electrons. The lowest BCUT2D eigenvalue weighted by molar-refractivity contribution is -0.161. The monoisotopic (exact) mass is 206 g/mol. The zero-order valence-corrected chi connectivity index (χ0v) is 8.28. The SMILES string of the molecule is CC(=O)OCOCCOCOC(C)=O. The number of hydrogen-bond acceptors (Lipinski definition) is 6. The average molecular weight is 206 g/mol. The highest BCUT2D eigenvalue weighted by Crippen LogP contribution is 1.83. The van der Waals surface area contributed by atoms with E-state index in [1.54, 1.807) is 0 Å². The van der Waals surface area contributed by atoms with Crippen LogP contribution >= 0.6 is 0 Å². The Morgan fingerprint density at radius 3 is 1.50 bits per heavy atom. The molecule has 0 heterocycles. The molecule has 0 fully saturated rings. The van der Waals surface area contributed by atoms with Crippen LogP contribution in [-0.2, 0) is 28.5 Å². The van der Waals surface area contributed by atoms with Crippen molar-refractivity contribution in [3.8, 4) is 0 Å². The summed E-state index contributed by atoms with van der Waals surface area (Å²) < 4.78 is 18.7. The predicted molar refractivity (Wildman–Crippen MR) is 45.2 cm³/mol. The first-order valence-electron chi connectivity index (χ1n) is 4.05. The first kappa shape index (κ1) is 12.9. The Morgan fingerprint density at radius 2 is 1.21 bits per heavy atom. The highest BCUT2D eigenvalue weighted by molar-refractivity contribution is 5.66. The van der Waals surface area contributed by atoms with Gasteiger partial charge in [0.05, 0.1) is 13.2 Å². The molecular formula is C8H14O6. The van der Waals surface area contributed by atoms with E-state index in [1.165, 1.54) is 13.8 Å². The van der Waals surface area contributed by atoms with E-state index in [1.807, 2.05) is 0 Å². The third-order valence-corrected chi connectivity index (χ3v) is 1.06. The highest BCUT2D eigenvalue weighted by Gasteiger charge is 1.94. The van der Waals surface area contributed by atoms with Crippen molar-refractivity contribution in [3.63, 3.8) is 0 Å². The Morgan fingerprint density at radius 1 is 0.857 bits per heavy atom. The maximum absolute atomic E-state index is 10.3. The fourth-order valence-corrected chi connectivity index (χ4v) is 0.485. The number of rotatable bonds is 7. The van der Waals surface area contributed by atoms with E-state index in [4.69, 9.17) is 9.47 Å². The molecule has 6 heteroatoms. The smallest absolute Gasteiger partial charge is 0.304 e. The van der Waals surface area contributed by atoms with Crippen molar-refractivity contribution in [2.75, 3.05) is 26.8 Å². The van der Waals surface area contributed by atoms with Crippen molar-refractivity contribution in [2.24, 2.45) is 0 Å². The lowest BCUT2D eigenvalue weighted by Crippen LogP contribution is -2.11. The molecule has 0 aliphatic rings. The van der Waals surface area contributed by atoms with Gasteiger partial charge in [-0.1, -0.05) is 0 Å². The molecular weight excluding hydrogens is 192 g/mol. The summed E-state index contributed by atoms with van der Waals surface area (Å²) >= 11 is 0. The molecule has 6 nitrogen and oxygen atoms in total. The molecule has 0 aromatic rings. The minimum Gasteiger partial charge on any atom is -0.439 e. The maximum Gasteiger partial charge on any atom is 0.304 e. The van der Waals surface area contributed by atoms with Gasteiger partial charge in [-0.05, 0) is 0 Å². The number of hydrogen-bond donors (Lipinski definition) is 0. The van der Waals surface area contributed by atoms with Crippen LogP contribution < -0.4 is 0 Å². The minimum atomic E-state index is -0.397. The molecule has 0 atom stereocenters. The van der Waals surface area contributed by atoms with E-state index in [-0.39, 0.29) is 26.8 Å². The second kappa shape index (κ2) is 8.46. The lowest BCUT2D eigenvalue weighted by atomic mass is 10.8. The molecule has 0 aliphatic heterocycles. The van der Waals surface area contributed by atoms with Crippen molar-refractivity contribution in [1.29, 1.82) is 0 Å². The zero-order valence-electron chi connectivity index (χ0n) is 8.28. The number of ether oxygens (including phenoxy) is 4. The fraction of sp³-hybridized carbons (Fsp3) is 0.750. The Bertz CT molecular complexity index is 159. The molecule has 0 amide bonds. The van der Waals surface area contributed by atoms with Crippen LogP contribution in [0.5, 0.6) is 0 Å². The van der Waals surface area contributed by atoms with E-state index in [0.29, 0.717) is 0 Å². The van der Waals surface area contributed by atoms with Crippen LogP contribution in [0.25, 0.3) is 0 Å². The van der Waals surface area contributed by atoms with Gasteiger partial charge in [-0.3, -0.25) is 9.59 Å². The van der Waals surface area contributed by atoms with Crippen LogP contribution in [-0.4, -0.2) is 38.7 Å². The Labute approximate surface area is 82.1 Å². The third kappa shape index (κ3) is 10.9. The van der Waals surface area contributed by atoms with Gasteiger partial charge in [0.1, 0.15) is 0 Å². The van der Waals surface area contributed by atoms with Gasteiger partial charge in [0.15, 0.2) is 13.6 Å². The van der Waals surface area contributed by atoms with E-state index in [0.717, 1.165) is 0 Å². The topological polar surface area (TPSA) is 71.1 Å². The van der Waals surface area contributed by atoms with E-state index in [2.05, 4.69) is 9.47 Å². The summed E-state index contributed by atoms with van der Waals surface area (Å²) in [6.07, 6.45) is 0. The summed E-state index contributed by atoms with van der Waals surface area (Å²) in [5.74, 6) is -0.795. The third-order valence-electron chi connectivity index (χ3n) is 1.06. The molecule has 0 spiro atoms. The van der Waals surface area contributed by atoms with Crippen LogP contribution in [0, 0.1) is 0 Å². The highest BCUT2D eigenvalue weighted by atomic mass is 16.7. The molecule has 0 aromatic heterocycles. The molecule has 82 valence electrons. The molecule has 14 heavy (non-hydrogen) atoms. The summed E-state index contributed by atoms with van der Waals surface area (Å²) in [4.78, 5) is 20.5. The van der Waals surface area contributed by atoms with Crippen LogP contribution in [0.3, 0.4) is 0 Å². The molecule has 0 unspecified atom stereocenters. The van der Waals surface area contributed by atoms with Crippen LogP contribution in [0.1, 0.15) is 13.8 Å². The molecule has 0 saturated carbocycles. The first-order chi connectivity index (χ1) is 6.63. The van der Waals surface area contributed by atoms with Gasteiger partial charge in [0, 0.05) is 13.8 Å².